The van der Waals surface area contributed by atoms with Crippen molar-refractivity contribution in [1.29, 1.82) is 0 Å². The first-order chi connectivity index (χ1) is 14.4. The Morgan fingerprint density at radius 2 is 1.48 bits per heavy atom. The highest BCUT2D eigenvalue weighted by atomic mass is 28.4. The van der Waals surface area contributed by atoms with Crippen LogP contribution in [0.5, 0.6) is 0 Å². The van der Waals surface area contributed by atoms with Crippen LogP contribution >= 0.6 is 0 Å². The van der Waals surface area contributed by atoms with Crippen molar-refractivity contribution in [3.05, 3.63) is 12.2 Å². The molecule has 31 heavy (non-hydrogen) atoms. The molecule has 0 radical (unpaired) electrons. The van der Waals surface area contributed by atoms with E-state index in [2.05, 4.69) is 62.0 Å². The molecule has 2 saturated carbocycles. The average Bonchev–Trinajstić information content (AvgIpc) is 2.91. The van der Waals surface area contributed by atoms with Gasteiger partial charge in [0.15, 0.2) is 0 Å². The van der Waals surface area contributed by atoms with Crippen LogP contribution in [-0.4, -0.2) is 37.8 Å². The summed E-state index contributed by atoms with van der Waals surface area (Å²) in [6, 6.07) is 0. The lowest BCUT2D eigenvalue weighted by Crippen LogP contribution is -2.55. The smallest absolute Gasteiger partial charge is 0.200 e. The quantitative estimate of drug-likeness (QED) is 0.273. The molecule has 0 heterocycles. The SMILES string of the molecule is C=C(C)[C@@H]1C[C@H](O[C@H](C)C[C@H](C)O)C2(CCCCC2)[C@H]1O[Si](C(C)C)(C(C)C)C(C)C. The van der Waals surface area contributed by atoms with Gasteiger partial charge in [0.05, 0.1) is 24.4 Å². The molecule has 0 aromatic rings. The van der Waals surface area contributed by atoms with Crippen LogP contribution in [0.3, 0.4) is 0 Å². The molecule has 2 aliphatic carbocycles. The Kier molecular flexibility index (Phi) is 9.47. The number of aliphatic hydroxyl groups is 1. The van der Waals surface area contributed by atoms with E-state index >= 15 is 0 Å². The zero-order valence-corrected chi connectivity index (χ0v) is 23.0. The Labute approximate surface area is 194 Å². The van der Waals surface area contributed by atoms with Gasteiger partial charge in [-0.15, -0.1) is 0 Å². The Bertz CT molecular complexity index is 555. The van der Waals surface area contributed by atoms with Gasteiger partial charge in [0.1, 0.15) is 0 Å². The first kappa shape index (κ1) is 27.1. The van der Waals surface area contributed by atoms with Gasteiger partial charge in [-0.2, -0.15) is 0 Å². The van der Waals surface area contributed by atoms with Crippen molar-refractivity contribution < 1.29 is 14.3 Å². The maximum absolute atomic E-state index is 9.91. The van der Waals surface area contributed by atoms with E-state index in [4.69, 9.17) is 9.16 Å². The molecular weight excluding hydrogens is 400 g/mol. The molecule has 0 aromatic heterocycles. The van der Waals surface area contributed by atoms with Crippen LogP contribution in [0.2, 0.25) is 16.6 Å². The van der Waals surface area contributed by atoms with Gasteiger partial charge in [-0.3, -0.25) is 0 Å². The highest BCUT2D eigenvalue weighted by Crippen LogP contribution is 2.58. The Balaban J connectivity index is 2.48. The lowest BCUT2D eigenvalue weighted by Gasteiger charge is -2.51. The Morgan fingerprint density at radius 1 is 0.968 bits per heavy atom. The van der Waals surface area contributed by atoms with Gasteiger partial charge in [0, 0.05) is 11.3 Å². The van der Waals surface area contributed by atoms with Crippen LogP contribution in [0.15, 0.2) is 12.2 Å². The minimum absolute atomic E-state index is 0.0654. The van der Waals surface area contributed by atoms with E-state index < -0.39 is 8.32 Å². The van der Waals surface area contributed by atoms with Crippen molar-refractivity contribution >= 4 is 8.32 Å². The molecule has 4 heteroatoms. The molecule has 2 fully saturated rings. The summed E-state index contributed by atoms with van der Waals surface area (Å²) in [4.78, 5) is 0. The molecule has 0 bridgehead atoms. The Morgan fingerprint density at radius 3 is 1.90 bits per heavy atom. The third-order valence-corrected chi connectivity index (χ3v) is 14.6. The normalized spacial score (nSPS) is 28.6. The number of hydrogen-bond donors (Lipinski definition) is 1. The summed E-state index contributed by atoms with van der Waals surface area (Å²) in [5.41, 5.74) is 3.07. The summed E-state index contributed by atoms with van der Waals surface area (Å²) in [5.74, 6) is 0.366. The highest BCUT2D eigenvalue weighted by molar-refractivity contribution is 6.77. The summed E-state index contributed by atoms with van der Waals surface area (Å²) >= 11 is 0. The molecule has 1 N–H and O–H groups in total. The van der Waals surface area contributed by atoms with E-state index in [1.165, 1.54) is 37.7 Å². The summed E-state index contributed by atoms with van der Waals surface area (Å²) in [7, 11) is -2.02. The fourth-order valence-corrected chi connectivity index (χ4v) is 12.9. The fourth-order valence-electron chi connectivity index (χ4n) is 7.28. The molecule has 0 aliphatic heterocycles. The molecule has 1 spiro atoms. The topological polar surface area (TPSA) is 38.7 Å². The molecule has 0 aromatic carbocycles. The van der Waals surface area contributed by atoms with E-state index in [9.17, 15) is 5.11 Å². The lowest BCUT2D eigenvalue weighted by molar-refractivity contribution is -0.112. The van der Waals surface area contributed by atoms with E-state index in [1.807, 2.05) is 6.92 Å². The second kappa shape index (κ2) is 10.8. The zero-order valence-electron chi connectivity index (χ0n) is 22.0. The van der Waals surface area contributed by atoms with Gasteiger partial charge in [-0.25, -0.2) is 0 Å². The van der Waals surface area contributed by atoms with Crippen molar-refractivity contribution in [2.45, 2.75) is 148 Å². The number of ether oxygens (including phenoxy) is 1. The van der Waals surface area contributed by atoms with Crippen LogP contribution in [-0.2, 0) is 9.16 Å². The zero-order chi connectivity index (χ0) is 23.6. The predicted octanol–water partition coefficient (Wildman–Crippen LogP) is 7.64. The molecule has 5 atom stereocenters. The van der Waals surface area contributed by atoms with Crippen LogP contribution in [0, 0.1) is 11.3 Å². The summed E-state index contributed by atoms with van der Waals surface area (Å²) in [6.07, 6.45) is 8.13. The van der Waals surface area contributed by atoms with Crippen LogP contribution in [0.4, 0.5) is 0 Å². The van der Waals surface area contributed by atoms with Crippen molar-refractivity contribution in [2.24, 2.45) is 11.3 Å². The monoisotopic (exact) mass is 452 g/mol. The molecule has 0 amide bonds. The second-order valence-electron chi connectivity index (χ2n) is 11.9. The number of hydrogen-bond acceptors (Lipinski definition) is 3. The summed E-state index contributed by atoms with van der Waals surface area (Å²) in [6.45, 7) is 25.0. The van der Waals surface area contributed by atoms with Crippen LogP contribution < -0.4 is 0 Å². The maximum atomic E-state index is 9.91. The number of aliphatic hydroxyl groups excluding tert-OH is 1. The molecule has 182 valence electrons. The van der Waals surface area contributed by atoms with Crippen molar-refractivity contribution in [2.75, 3.05) is 0 Å². The number of rotatable bonds is 10. The summed E-state index contributed by atoms with van der Waals surface area (Å²) < 4.78 is 14.3. The van der Waals surface area contributed by atoms with Crippen molar-refractivity contribution in [3.63, 3.8) is 0 Å². The van der Waals surface area contributed by atoms with Gasteiger partial charge in [-0.05, 0) is 63.1 Å². The van der Waals surface area contributed by atoms with Gasteiger partial charge < -0.3 is 14.3 Å². The second-order valence-corrected chi connectivity index (χ2v) is 17.3. The third kappa shape index (κ3) is 5.50. The molecule has 3 nitrogen and oxygen atoms in total. The van der Waals surface area contributed by atoms with Gasteiger partial charge in [0.25, 0.3) is 0 Å². The Hall–Kier alpha value is -0.163. The average molecular weight is 453 g/mol. The summed E-state index contributed by atoms with van der Waals surface area (Å²) in [5, 5.41) is 9.91. The minimum Gasteiger partial charge on any atom is -0.412 e. The largest absolute Gasteiger partial charge is 0.412 e. The molecule has 0 saturated heterocycles. The van der Waals surface area contributed by atoms with Gasteiger partial charge in [0.2, 0.25) is 8.32 Å². The molecule has 2 rings (SSSR count). The van der Waals surface area contributed by atoms with Crippen LogP contribution in [0.1, 0.15) is 107 Å². The van der Waals surface area contributed by atoms with E-state index in [1.54, 1.807) is 0 Å². The first-order valence-corrected chi connectivity index (χ1v) is 15.2. The first-order valence-electron chi connectivity index (χ1n) is 13.0. The molecule has 2 aliphatic rings. The molecular formula is C27H52O3Si. The fraction of sp³-hybridized carbons (Fsp3) is 0.926. The standard InChI is InChI=1S/C27H52O3Si/c1-18(2)24-17-25(29-23(10)16-22(9)28)27(14-12-11-13-15-27)26(24)30-31(19(3)4,20(5)6)21(7)8/h19-26,28H,1,11-17H2,2-10H3/t22-,23+,24-,25-,26-/m0/s1. The van der Waals surface area contributed by atoms with Gasteiger partial charge in [-0.1, -0.05) is 73.0 Å². The van der Waals surface area contributed by atoms with Crippen molar-refractivity contribution in [1.82, 2.24) is 0 Å². The van der Waals surface area contributed by atoms with E-state index in [-0.39, 0.29) is 29.8 Å². The van der Waals surface area contributed by atoms with Crippen molar-refractivity contribution in [3.8, 4) is 0 Å². The molecule has 0 unspecified atom stereocenters. The van der Waals surface area contributed by atoms with E-state index in [0.717, 1.165) is 6.42 Å². The van der Waals surface area contributed by atoms with E-state index in [0.29, 0.717) is 29.0 Å². The minimum atomic E-state index is -2.02. The van der Waals surface area contributed by atoms with Gasteiger partial charge >= 0.3 is 0 Å². The van der Waals surface area contributed by atoms with Crippen LogP contribution in [0.25, 0.3) is 0 Å². The lowest BCUT2D eigenvalue weighted by atomic mass is 9.69. The maximum Gasteiger partial charge on any atom is 0.200 e. The third-order valence-electron chi connectivity index (χ3n) is 8.57. The highest BCUT2D eigenvalue weighted by Gasteiger charge is 2.60. The predicted molar refractivity (Wildman–Crippen MR) is 135 cm³/mol.